The minimum Gasteiger partial charge on any atom is -0.384 e. The number of hydrogen-bond donors (Lipinski definition) is 2. The van der Waals surface area contributed by atoms with Crippen LogP contribution in [-0.4, -0.2) is 18.5 Å². The van der Waals surface area contributed by atoms with Gasteiger partial charge >= 0.3 is 0 Å². The highest BCUT2D eigenvalue weighted by atomic mass is 79.9. The lowest BCUT2D eigenvalue weighted by Gasteiger charge is -2.09. The molecular weight excluding hydrogens is 280 g/mol. The smallest absolute Gasteiger partial charge is 0.221 e. The summed E-state index contributed by atoms with van der Waals surface area (Å²) >= 11 is 3.50. The molecule has 0 spiro atoms. The molecule has 2 N–H and O–H groups in total. The summed E-state index contributed by atoms with van der Waals surface area (Å²) in [4.78, 5) is 11.5. The average molecular weight is 297 g/mol. The summed E-state index contributed by atoms with van der Waals surface area (Å²) in [5.41, 5.74) is 2.25. The number of benzene rings is 1. The van der Waals surface area contributed by atoms with Crippen molar-refractivity contribution in [1.29, 1.82) is 0 Å². The van der Waals surface area contributed by atoms with E-state index >= 15 is 0 Å². The van der Waals surface area contributed by atoms with Crippen LogP contribution in [0.15, 0.2) is 22.7 Å². The average Bonchev–Trinajstić information content (AvgIpc) is 3.05. The molecule has 1 aliphatic rings. The van der Waals surface area contributed by atoms with Crippen LogP contribution in [0.5, 0.6) is 0 Å². The van der Waals surface area contributed by atoms with E-state index in [1.807, 2.05) is 6.07 Å². The molecule has 0 aromatic heterocycles. The fourth-order valence-corrected chi connectivity index (χ4v) is 2.24. The Morgan fingerprint density at radius 3 is 2.88 bits per heavy atom. The highest BCUT2D eigenvalue weighted by Crippen LogP contribution is 2.23. The quantitative estimate of drug-likeness (QED) is 0.877. The van der Waals surface area contributed by atoms with E-state index < -0.39 is 0 Å². The molecule has 92 valence electrons. The Kier molecular flexibility index (Phi) is 4.05. The van der Waals surface area contributed by atoms with Gasteiger partial charge in [-0.1, -0.05) is 6.07 Å². The van der Waals surface area contributed by atoms with E-state index in [4.69, 9.17) is 0 Å². The van der Waals surface area contributed by atoms with Gasteiger partial charge in [0, 0.05) is 29.2 Å². The second kappa shape index (κ2) is 5.54. The van der Waals surface area contributed by atoms with Crippen molar-refractivity contribution >= 4 is 27.5 Å². The third-order valence-electron chi connectivity index (χ3n) is 2.73. The molecule has 1 aliphatic carbocycles. The lowest BCUT2D eigenvalue weighted by Crippen LogP contribution is -2.27. The Labute approximate surface area is 110 Å². The van der Waals surface area contributed by atoms with Crippen molar-refractivity contribution < 1.29 is 4.79 Å². The predicted molar refractivity (Wildman–Crippen MR) is 73.2 cm³/mol. The monoisotopic (exact) mass is 296 g/mol. The molecule has 0 heterocycles. The predicted octanol–water partition coefficient (Wildman–Crippen LogP) is 2.84. The molecule has 1 aromatic rings. The molecule has 0 aliphatic heterocycles. The zero-order valence-corrected chi connectivity index (χ0v) is 11.5. The number of hydrogen-bond acceptors (Lipinski definition) is 2. The summed E-state index contributed by atoms with van der Waals surface area (Å²) < 4.78 is 1.04. The Balaban J connectivity index is 1.75. The first kappa shape index (κ1) is 12.4. The maximum atomic E-state index is 11.5. The number of aryl methyl sites for hydroxylation is 1. The highest BCUT2D eigenvalue weighted by Gasteiger charge is 2.22. The molecule has 1 saturated carbocycles. The first-order chi connectivity index (χ1) is 8.15. The zero-order chi connectivity index (χ0) is 12.3. The maximum absolute atomic E-state index is 11.5. The van der Waals surface area contributed by atoms with Crippen LogP contribution in [0.2, 0.25) is 0 Å². The first-order valence-corrected chi connectivity index (χ1v) is 6.74. The van der Waals surface area contributed by atoms with Gasteiger partial charge in [0.15, 0.2) is 0 Å². The summed E-state index contributed by atoms with van der Waals surface area (Å²) in [7, 11) is 0. The van der Waals surface area contributed by atoms with E-state index in [1.54, 1.807) is 0 Å². The molecule has 1 aromatic carbocycles. The molecule has 0 unspecified atom stereocenters. The van der Waals surface area contributed by atoms with Crippen molar-refractivity contribution in [2.45, 2.75) is 32.2 Å². The van der Waals surface area contributed by atoms with Crippen LogP contribution >= 0.6 is 15.9 Å². The molecule has 0 atom stereocenters. The zero-order valence-electron chi connectivity index (χ0n) is 9.92. The Morgan fingerprint density at radius 2 is 2.24 bits per heavy atom. The molecule has 17 heavy (non-hydrogen) atoms. The van der Waals surface area contributed by atoms with Gasteiger partial charge in [0.05, 0.1) is 0 Å². The van der Waals surface area contributed by atoms with Gasteiger partial charge in [-0.3, -0.25) is 4.79 Å². The van der Waals surface area contributed by atoms with Crippen molar-refractivity contribution in [1.82, 2.24) is 5.32 Å². The summed E-state index contributed by atoms with van der Waals surface area (Å²) in [6.07, 6.45) is 2.81. The van der Waals surface area contributed by atoms with E-state index in [1.165, 1.54) is 5.56 Å². The number of carbonyl (C=O) groups is 1. The molecule has 1 amide bonds. The van der Waals surface area contributed by atoms with E-state index in [2.05, 4.69) is 45.6 Å². The summed E-state index contributed by atoms with van der Waals surface area (Å²) in [5.74, 6) is 0.142. The van der Waals surface area contributed by atoms with Crippen molar-refractivity contribution in [3.63, 3.8) is 0 Å². The van der Waals surface area contributed by atoms with Crippen molar-refractivity contribution in [3.8, 4) is 0 Å². The Morgan fingerprint density at radius 1 is 1.47 bits per heavy atom. The molecule has 1 fully saturated rings. The van der Waals surface area contributed by atoms with E-state index in [0.717, 1.165) is 23.0 Å². The normalized spacial score (nSPS) is 14.5. The van der Waals surface area contributed by atoms with Crippen LogP contribution < -0.4 is 10.6 Å². The van der Waals surface area contributed by atoms with Gasteiger partial charge in [-0.15, -0.1) is 0 Å². The van der Waals surface area contributed by atoms with E-state index in [9.17, 15) is 4.79 Å². The van der Waals surface area contributed by atoms with E-state index in [-0.39, 0.29) is 5.91 Å². The first-order valence-electron chi connectivity index (χ1n) is 5.94. The highest BCUT2D eigenvalue weighted by molar-refractivity contribution is 9.10. The van der Waals surface area contributed by atoms with Crippen LogP contribution in [0.4, 0.5) is 5.69 Å². The second-order valence-corrected chi connectivity index (χ2v) is 5.36. The standard InChI is InChI=1S/C13H17BrN2O/c1-9-2-5-12(11(14)8-9)15-7-6-13(17)16-10-3-4-10/h2,5,8,10,15H,3-4,6-7H2,1H3,(H,16,17). The topological polar surface area (TPSA) is 41.1 Å². The lowest BCUT2D eigenvalue weighted by atomic mass is 10.2. The van der Waals surface area contributed by atoms with Crippen LogP contribution in [0.1, 0.15) is 24.8 Å². The van der Waals surface area contributed by atoms with Gasteiger partial charge < -0.3 is 10.6 Å². The lowest BCUT2D eigenvalue weighted by molar-refractivity contribution is -0.120. The van der Waals surface area contributed by atoms with Gasteiger partial charge in [-0.25, -0.2) is 0 Å². The summed E-state index contributed by atoms with van der Waals surface area (Å²) in [6, 6.07) is 6.59. The van der Waals surface area contributed by atoms with Gasteiger partial charge in [0.25, 0.3) is 0 Å². The molecule has 2 rings (SSSR count). The largest absolute Gasteiger partial charge is 0.384 e. The minimum absolute atomic E-state index is 0.142. The third kappa shape index (κ3) is 4.04. The van der Waals surface area contributed by atoms with Crippen molar-refractivity contribution in [3.05, 3.63) is 28.2 Å². The molecule has 3 nitrogen and oxygen atoms in total. The third-order valence-corrected chi connectivity index (χ3v) is 3.39. The molecule has 0 saturated heterocycles. The Bertz CT molecular complexity index is 416. The minimum atomic E-state index is 0.142. The van der Waals surface area contributed by atoms with E-state index in [0.29, 0.717) is 19.0 Å². The number of rotatable bonds is 5. The summed E-state index contributed by atoms with van der Waals surface area (Å²) in [6.45, 7) is 2.72. The second-order valence-electron chi connectivity index (χ2n) is 4.50. The molecular formula is C13H17BrN2O. The number of amides is 1. The number of anilines is 1. The SMILES string of the molecule is Cc1ccc(NCCC(=O)NC2CC2)c(Br)c1. The molecule has 4 heteroatoms. The van der Waals surface area contributed by atoms with Crippen LogP contribution in [0.25, 0.3) is 0 Å². The van der Waals surface area contributed by atoms with Gasteiger partial charge in [-0.05, 0) is 53.4 Å². The number of nitrogens with one attached hydrogen (secondary N) is 2. The van der Waals surface area contributed by atoms with Gasteiger partial charge in [0.1, 0.15) is 0 Å². The van der Waals surface area contributed by atoms with Crippen LogP contribution in [-0.2, 0) is 4.79 Å². The van der Waals surface area contributed by atoms with Gasteiger partial charge in [0.2, 0.25) is 5.91 Å². The van der Waals surface area contributed by atoms with Crippen LogP contribution in [0, 0.1) is 6.92 Å². The van der Waals surface area contributed by atoms with Crippen LogP contribution in [0.3, 0.4) is 0 Å². The molecule has 0 bridgehead atoms. The maximum Gasteiger partial charge on any atom is 0.221 e. The molecule has 0 radical (unpaired) electrons. The number of halogens is 1. The number of carbonyl (C=O) groups excluding carboxylic acids is 1. The fourth-order valence-electron chi connectivity index (χ4n) is 1.60. The van der Waals surface area contributed by atoms with Crippen molar-refractivity contribution in [2.75, 3.05) is 11.9 Å². The summed E-state index contributed by atoms with van der Waals surface area (Å²) in [5, 5.41) is 6.23. The van der Waals surface area contributed by atoms with Gasteiger partial charge in [-0.2, -0.15) is 0 Å². The Hall–Kier alpha value is -1.03. The fraction of sp³-hybridized carbons (Fsp3) is 0.462. The van der Waals surface area contributed by atoms with Crippen molar-refractivity contribution in [2.24, 2.45) is 0 Å².